The van der Waals surface area contributed by atoms with Gasteiger partial charge in [-0.2, -0.15) is 0 Å². The van der Waals surface area contributed by atoms with Crippen LogP contribution in [0.3, 0.4) is 0 Å². The van der Waals surface area contributed by atoms with Gasteiger partial charge in [0.15, 0.2) is 0 Å². The molecule has 0 saturated carbocycles. The maximum atomic E-state index is 13.1. The molecule has 0 aliphatic carbocycles. The first kappa shape index (κ1) is 14.1. The van der Waals surface area contributed by atoms with Crippen molar-refractivity contribution in [2.24, 2.45) is 0 Å². The second kappa shape index (κ2) is 6.25. The molecule has 1 atom stereocenters. The summed E-state index contributed by atoms with van der Waals surface area (Å²) in [5.41, 5.74) is 1.48. The molecule has 0 radical (unpaired) electrons. The Hall–Kier alpha value is -2.27. The third-order valence-electron chi connectivity index (χ3n) is 2.96. The molecule has 5 heteroatoms. The van der Waals surface area contributed by atoms with Crippen molar-refractivity contribution in [3.8, 4) is 0 Å². The van der Waals surface area contributed by atoms with Gasteiger partial charge in [-0.25, -0.2) is 14.2 Å². The number of pyridine rings is 1. The SMILES string of the molecule is CC(NCc1cccc(C(=O)O)n1)c1cccc(F)c1. The fourth-order valence-electron chi connectivity index (χ4n) is 1.85. The van der Waals surface area contributed by atoms with Gasteiger partial charge in [-0.15, -0.1) is 0 Å². The molecule has 0 aliphatic heterocycles. The van der Waals surface area contributed by atoms with Crippen molar-refractivity contribution in [2.75, 3.05) is 0 Å². The number of nitrogens with one attached hydrogen (secondary N) is 1. The van der Waals surface area contributed by atoms with Crippen LogP contribution in [0, 0.1) is 5.82 Å². The summed E-state index contributed by atoms with van der Waals surface area (Å²) >= 11 is 0. The Kier molecular flexibility index (Phi) is 4.42. The van der Waals surface area contributed by atoms with Crippen LogP contribution >= 0.6 is 0 Å². The quantitative estimate of drug-likeness (QED) is 0.880. The van der Waals surface area contributed by atoms with Crippen molar-refractivity contribution in [1.82, 2.24) is 10.3 Å². The van der Waals surface area contributed by atoms with Gasteiger partial charge < -0.3 is 10.4 Å². The number of aromatic carboxylic acids is 1. The summed E-state index contributed by atoms with van der Waals surface area (Å²) in [5, 5.41) is 12.1. The zero-order chi connectivity index (χ0) is 14.5. The highest BCUT2D eigenvalue weighted by Crippen LogP contribution is 2.14. The van der Waals surface area contributed by atoms with Gasteiger partial charge >= 0.3 is 5.97 Å². The van der Waals surface area contributed by atoms with E-state index in [1.165, 1.54) is 18.2 Å². The van der Waals surface area contributed by atoms with Gasteiger partial charge in [0.25, 0.3) is 0 Å². The van der Waals surface area contributed by atoms with E-state index in [0.717, 1.165) is 5.56 Å². The van der Waals surface area contributed by atoms with Crippen LogP contribution in [-0.2, 0) is 6.54 Å². The van der Waals surface area contributed by atoms with Crippen molar-refractivity contribution in [2.45, 2.75) is 19.5 Å². The second-order valence-electron chi connectivity index (χ2n) is 4.48. The van der Waals surface area contributed by atoms with Gasteiger partial charge in [0, 0.05) is 12.6 Å². The van der Waals surface area contributed by atoms with Crippen LogP contribution in [0.25, 0.3) is 0 Å². The molecule has 0 fully saturated rings. The minimum absolute atomic E-state index is 0.0164. The molecule has 1 aromatic carbocycles. The average Bonchev–Trinajstić information content (AvgIpc) is 2.45. The van der Waals surface area contributed by atoms with Crippen LogP contribution in [0.2, 0.25) is 0 Å². The predicted octanol–water partition coefficient (Wildman–Crippen LogP) is 2.77. The van der Waals surface area contributed by atoms with Gasteiger partial charge in [-0.05, 0) is 36.8 Å². The highest BCUT2D eigenvalue weighted by molar-refractivity contribution is 5.85. The predicted molar refractivity (Wildman–Crippen MR) is 72.9 cm³/mol. The molecule has 1 heterocycles. The molecule has 1 aromatic heterocycles. The first-order valence-corrected chi connectivity index (χ1v) is 6.24. The average molecular weight is 274 g/mol. The van der Waals surface area contributed by atoms with Gasteiger partial charge in [-0.1, -0.05) is 18.2 Å². The smallest absolute Gasteiger partial charge is 0.354 e. The Morgan fingerprint density at radius 1 is 1.35 bits per heavy atom. The van der Waals surface area contributed by atoms with E-state index in [1.54, 1.807) is 18.2 Å². The van der Waals surface area contributed by atoms with E-state index < -0.39 is 5.97 Å². The van der Waals surface area contributed by atoms with Gasteiger partial charge in [0.1, 0.15) is 11.5 Å². The topological polar surface area (TPSA) is 62.2 Å². The first-order chi connectivity index (χ1) is 9.56. The molecule has 0 amide bonds. The van der Waals surface area contributed by atoms with Gasteiger partial charge in [-0.3, -0.25) is 0 Å². The van der Waals surface area contributed by atoms with Gasteiger partial charge in [0.05, 0.1) is 5.69 Å². The van der Waals surface area contributed by atoms with Crippen molar-refractivity contribution >= 4 is 5.97 Å². The number of hydrogen-bond donors (Lipinski definition) is 2. The van der Waals surface area contributed by atoms with Crippen LogP contribution < -0.4 is 5.32 Å². The zero-order valence-corrected chi connectivity index (χ0v) is 11.0. The van der Waals surface area contributed by atoms with E-state index in [1.807, 2.05) is 13.0 Å². The van der Waals surface area contributed by atoms with Crippen LogP contribution in [0.4, 0.5) is 4.39 Å². The first-order valence-electron chi connectivity index (χ1n) is 6.24. The van der Waals surface area contributed by atoms with E-state index in [-0.39, 0.29) is 17.6 Å². The summed E-state index contributed by atoms with van der Waals surface area (Å²) in [5.74, 6) is -1.33. The third kappa shape index (κ3) is 3.61. The maximum Gasteiger partial charge on any atom is 0.354 e. The van der Waals surface area contributed by atoms with Crippen molar-refractivity contribution in [1.29, 1.82) is 0 Å². The largest absolute Gasteiger partial charge is 0.477 e. The number of aromatic nitrogens is 1. The summed E-state index contributed by atoms with van der Waals surface area (Å²) in [6.07, 6.45) is 0. The molecule has 0 spiro atoms. The lowest BCUT2D eigenvalue weighted by atomic mass is 10.1. The zero-order valence-electron chi connectivity index (χ0n) is 11.0. The minimum atomic E-state index is -1.05. The summed E-state index contributed by atoms with van der Waals surface area (Å²) in [4.78, 5) is 14.8. The summed E-state index contributed by atoms with van der Waals surface area (Å²) in [6.45, 7) is 2.33. The lowest BCUT2D eigenvalue weighted by Gasteiger charge is -2.14. The second-order valence-corrected chi connectivity index (χ2v) is 4.48. The molecule has 20 heavy (non-hydrogen) atoms. The summed E-state index contributed by atoms with van der Waals surface area (Å²) in [7, 11) is 0. The summed E-state index contributed by atoms with van der Waals surface area (Å²) in [6, 6.07) is 11.2. The van der Waals surface area contributed by atoms with E-state index >= 15 is 0 Å². The molecule has 0 aliphatic rings. The van der Waals surface area contributed by atoms with Crippen molar-refractivity contribution < 1.29 is 14.3 Å². The molecule has 4 nitrogen and oxygen atoms in total. The Labute approximate surface area is 116 Å². The number of rotatable bonds is 5. The van der Waals surface area contributed by atoms with Gasteiger partial charge in [0.2, 0.25) is 0 Å². The number of carbonyl (C=O) groups is 1. The number of hydrogen-bond acceptors (Lipinski definition) is 3. The molecule has 2 rings (SSSR count). The van der Waals surface area contributed by atoms with Crippen molar-refractivity contribution in [3.63, 3.8) is 0 Å². The molecule has 1 unspecified atom stereocenters. The molecule has 0 saturated heterocycles. The van der Waals surface area contributed by atoms with E-state index in [2.05, 4.69) is 10.3 Å². The van der Waals surface area contributed by atoms with Crippen LogP contribution in [0.1, 0.15) is 34.7 Å². The highest BCUT2D eigenvalue weighted by Gasteiger charge is 2.08. The number of nitrogens with zero attached hydrogens (tertiary/aromatic N) is 1. The Balaban J connectivity index is 2.01. The van der Waals surface area contributed by atoms with E-state index in [0.29, 0.717) is 12.2 Å². The molecule has 104 valence electrons. The molecular weight excluding hydrogens is 259 g/mol. The number of carboxylic acid groups (broad SMARTS) is 1. The Morgan fingerprint density at radius 3 is 2.80 bits per heavy atom. The molecular formula is C15H15FN2O2. The normalized spacial score (nSPS) is 12.1. The Bertz CT molecular complexity index is 616. The maximum absolute atomic E-state index is 13.1. The number of benzene rings is 1. The monoisotopic (exact) mass is 274 g/mol. The van der Waals surface area contributed by atoms with Crippen LogP contribution in [0.15, 0.2) is 42.5 Å². The highest BCUT2D eigenvalue weighted by atomic mass is 19.1. The molecule has 2 aromatic rings. The summed E-state index contributed by atoms with van der Waals surface area (Å²) < 4.78 is 13.1. The standard InChI is InChI=1S/C15H15FN2O2/c1-10(11-4-2-5-12(16)8-11)17-9-13-6-3-7-14(18-13)15(19)20/h2-8,10,17H,9H2,1H3,(H,19,20). The van der Waals surface area contributed by atoms with Crippen LogP contribution in [0.5, 0.6) is 0 Å². The lowest BCUT2D eigenvalue weighted by Crippen LogP contribution is -2.19. The minimum Gasteiger partial charge on any atom is -0.477 e. The van der Waals surface area contributed by atoms with E-state index in [9.17, 15) is 9.18 Å². The fourth-order valence-corrected chi connectivity index (χ4v) is 1.85. The third-order valence-corrected chi connectivity index (χ3v) is 2.96. The molecule has 2 N–H and O–H groups in total. The fraction of sp³-hybridized carbons (Fsp3) is 0.200. The number of carboxylic acids is 1. The Morgan fingerprint density at radius 2 is 2.10 bits per heavy atom. The lowest BCUT2D eigenvalue weighted by molar-refractivity contribution is 0.0690. The van der Waals surface area contributed by atoms with E-state index in [4.69, 9.17) is 5.11 Å². The van der Waals surface area contributed by atoms with Crippen LogP contribution in [-0.4, -0.2) is 16.1 Å². The van der Waals surface area contributed by atoms with Crippen molar-refractivity contribution in [3.05, 3.63) is 65.2 Å². The number of halogens is 1. The molecule has 0 bridgehead atoms.